The number of fused-ring (bicyclic) bond motifs is 2. The van der Waals surface area contributed by atoms with Gasteiger partial charge in [-0.05, 0) is 54.4 Å². The maximum absolute atomic E-state index is 13.6. The molecule has 0 fully saturated rings. The van der Waals surface area contributed by atoms with Gasteiger partial charge in [0.25, 0.3) is 5.91 Å². The molecule has 1 amide bonds. The maximum atomic E-state index is 13.6. The number of amides is 1. The fourth-order valence-corrected chi connectivity index (χ4v) is 4.53. The molecule has 0 N–H and O–H groups in total. The molecule has 0 radical (unpaired) electrons. The number of para-hydroxylation sites is 1. The highest BCUT2D eigenvalue weighted by atomic mass is 16.5. The molecular formula is C28H25NO6. The summed E-state index contributed by atoms with van der Waals surface area (Å²) in [5, 5.41) is 0.438. The van der Waals surface area contributed by atoms with Crippen LogP contribution in [0.2, 0.25) is 0 Å². The Kier molecular flexibility index (Phi) is 5.91. The van der Waals surface area contributed by atoms with Crippen LogP contribution in [0.25, 0.3) is 11.0 Å². The third-order valence-corrected chi connectivity index (χ3v) is 6.19. The average Bonchev–Trinajstić information content (AvgIpc) is 3.16. The first-order chi connectivity index (χ1) is 17.0. The van der Waals surface area contributed by atoms with Crippen LogP contribution >= 0.6 is 0 Å². The topological polar surface area (TPSA) is 78.2 Å². The molecule has 178 valence electrons. The van der Waals surface area contributed by atoms with Gasteiger partial charge in [-0.25, -0.2) is 0 Å². The third-order valence-electron chi connectivity index (χ3n) is 6.19. The normalized spacial score (nSPS) is 14.8. The van der Waals surface area contributed by atoms with Gasteiger partial charge >= 0.3 is 0 Å². The SMILES string of the molecule is CCOc1ccc(C2c3c(oc4ccccc4c3=O)C(=O)N2Cc2ccc(OC)cc2)cc1OC. The molecular weight excluding hydrogens is 446 g/mol. The Morgan fingerprint density at radius 1 is 0.914 bits per heavy atom. The van der Waals surface area contributed by atoms with E-state index in [-0.39, 0.29) is 23.6 Å². The van der Waals surface area contributed by atoms with Crippen molar-refractivity contribution < 1.29 is 23.4 Å². The summed E-state index contributed by atoms with van der Waals surface area (Å²) in [6.45, 7) is 2.66. The Hall–Kier alpha value is -4.26. The van der Waals surface area contributed by atoms with Crippen molar-refractivity contribution in [2.75, 3.05) is 20.8 Å². The number of hydrogen-bond acceptors (Lipinski definition) is 6. The lowest BCUT2D eigenvalue weighted by Gasteiger charge is -2.26. The summed E-state index contributed by atoms with van der Waals surface area (Å²) in [6.07, 6.45) is 0. The fraction of sp³-hybridized carbons (Fsp3) is 0.214. The first-order valence-corrected chi connectivity index (χ1v) is 11.4. The summed E-state index contributed by atoms with van der Waals surface area (Å²) in [7, 11) is 3.17. The van der Waals surface area contributed by atoms with Crippen molar-refractivity contribution in [2.45, 2.75) is 19.5 Å². The van der Waals surface area contributed by atoms with E-state index in [0.29, 0.717) is 34.6 Å². The van der Waals surface area contributed by atoms with E-state index in [1.165, 1.54) is 0 Å². The Morgan fingerprint density at radius 3 is 2.40 bits per heavy atom. The zero-order chi connectivity index (χ0) is 24.5. The maximum Gasteiger partial charge on any atom is 0.291 e. The van der Waals surface area contributed by atoms with E-state index in [1.54, 1.807) is 49.5 Å². The summed E-state index contributed by atoms with van der Waals surface area (Å²) in [5.74, 6) is 1.58. The Morgan fingerprint density at radius 2 is 1.69 bits per heavy atom. The van der Waals surface area contributed by atoms with Crippen molar-refractivity contribution in [3.8, 4) is 17.2 Å². The zero-order valence-corrected chi connectivity index (χ0v) is 19.7. The van der Waals surface area contributed by atoms with E-state index >= 15 is 0 Å². The third kappa shape index (κ3) is 3.89. The monoisotopic (exact) mass is 471 g/mol. The number of nitrogens with zero attached hydrogens (tertiary/aromatic N) is 1. The molecule has 1 unspecified atom stereocenters. The summed E-state index contributed by atoms with van der Waals surface area (Å²) < 4.78 is 22.5. The summed E-state index contributed by atoms with van der Waals surface area (Å²) in [5.41, 5.74) is 2.12. The number of benzene rings is 3. The van der Waals surface area contributed by atoms with E-state index < -0.39 is 6.04 Å². The van der Waals surface area contributed by atoms with E-state index in [2.05, 4.69) is 0 Å². The molecule has 7 heteroatoms. The van der Waals surface area contributed by atoms with Crippen LogP contribution in [0.5, 0.6) is 17.2 Å². The number of carbonyl (C=O) groups is 1. The van der Waals surface area contributed by atoms with E-state index in [9.17, 15) is 9.59 Å². The van der Waals surface area contributed by atoms with Gasteiger partial charge in [0, 0.05) is 6.54 Å². The molecule has 1 aromatic heterocycles. The Bertz CT molecular complexity index is 1460. The second-order valence-electron chi connectivity index (χ2n) is 8.20. The standard InChI is InChI=1S/C28H25NO6/c1-4-34-22-14-11-18(15-23(22)33-3)25-24-26(30)20-7-5-6-8-21(20)35-27(24)28(31)29(25)16-17-9-12-19(32-2)13-10-17/h5-15,25H,4,16H2,1-3H3. The van der Waals surface area contributed by atoms with Crippen LogP contribution in [-0.2, 0) is 6.54 Å². The Balaban J connectivity index is 1.68. The van der Waals surface area contributed by atoms with E-state index in [4.69, 9.17) is 18.6 Å². The van der Waals surface area contributed by atoms with Crippen LogP contribution < -0.4 is 19.6 Å². The molecule has 1 aliphatic heterocycles. The van der Waals surface area contributed by atoms with Gasteiger partial charge in [-0.15, -0.1) is 0 Å². The minimum absolute atomic E-state index is 0.0695. The second-order valence-corrected chi connectivity index (χ2v) is 8.20. The minimum atomic E-state index is -0.648. The van der Waals surface area contributed by atoms with Crippen molar-refractivity contribution in [3.63, 3.8) is 0 Å². The highest BCUT2D eigenvalue weighted by Gasteiger charge is 2.43. The second kappa shape index (κ2) is 9.18. The van der Waals surface area contributed by atoms with Gasteiger partial charge in [-0.2, -0.15) is 0 Å². The van der Waals surface area contributed by atoms with Crippen molar-refractivity contribution in [3.05, 3.63) is 99.4 Å². The molecule has 0 aliphatic carbocycles. The molecule has 5 rings (SSSR count). The van der Waals surface area contributed by atoms with Gasteiger partial charge in [0.2, 0.25) is 5.76 Å². The molecule has 3 aromatic carbocycles. The van der Waals surface area contributed by atoms with Crippen LogP contribution in [0, 0.1) is 0 Å². The van der Waals surface area contributed by atoms with Crippen LogP contribution in [0.3, 0.4) is 0 Å². The van der Waals surface area contributed by atoms with Crippen molar-refractivity contribution in [1.29, 1.82) is 0 Å². The first kappa shape index (κ1) is 22.5. The average molecular weight is 472 g/mol. The zero-order valence-electron chi connectivity index (χ0n) is 19.7. The molecule has 1 atom stereocenters. The van der Waals surface area contributed by atoms with Gasteiger partial charge < -0.3 is 23.5 Å². The lowest BCUT2D eigenvalue weighted by atomic mass is 9.97. The van der Waals surface area contributed by atoms with E-state index in [1.807, 2.05) is 43.3 Å². The quantitative estimate of drug-likeness (QED) is 0.379. The minimum Gasteiger partial charge on any atom is -0.497 e. The predicted molar refractivity (Wildman–Crippen MR) is 131 cm³/mol. The Labute approximate surface area is 202 Å². The van der Waals surface area contributed by atoms with Gasteiger partial charge in [-0.3, -0.25) is 9.59 Å². The molecule has 2 heterocycles. The van der Waals surface area contributed by atoms with Crippen LogP contribution in [0.1, 0.15) is 40.2 Å². The van der Waals surface area contributed by atoms with Gasteiger partial charge in [0.15, 0.2) is 16.9 Å². The molecule has 7 nitrogen and oxygen atoms in total. The molecule has 0 saturated carbocycles. The number of hydrogen-bond donors (Lipinski definition) is 0. The van der Waals surface area contributed by atoms with Crippen LogP contribution in [0.15, 0.2) is 75.9 Å². The van der Waals surface area contributed by atoms with Crippen molar-refractivity contribution >= 4 is 16.9 Å². The van der Waals surface area contributed by atoms with Crippen LogP contribution in [-0.4, -0.2) is 31.6 Å². The number of carbonyl (C=O) groups excluding carboxylic acids is 1. The molecule has 35 heavy (non-hydrogen) atoms. The predicted octanol–water partition coefficient (Wildman–Crippen LogP) is 4.95. The van der Waals surface area contributed by atoms with Crippen LogP contribution in [0.4, 0.5) is 0 Å². The smallest absolute Gasteiger partial charge is 0.291 e. The van der Waals surface area contributed by atoms with Crippen molar-refractivity contribution in [1.82, 2.24) is 4.90 Å². The summed E-state index contributed by atoms with van der Waals surface area (Å²) >= 11 is 0. The highest BCUT2D eigenvalue weighted by Crippen LogP contribution is 2.41. The molecule has 1 aliphatic rings. The number of ether oxygens (including phenoxy) is 3. The van der Waals surface area contributed by atoms with Gasteiger partial charge in [-0.1, -0.05) is 30.3 Å². The largest absolute Gasteiger partial charge is 0.497 e. The van der Waals surface area contributed by atoms with E-state index in [0.717, 1.165) is 16.9 Å². The summed E-state index contributed by atoms with van der Waals surface area (Å²) in [6, 6.07) is 19.3. The molecule has 0 spiro atoms. The first-order valence-electron chi connectivity index (χ1n) is 11.4. The lowest BCUT2D eigenvalue weighted by Crippen LogP contribution is -2.29. The lowest BCUT2D eigenvalue weighted by molar-refractivity contribution is 0.0714. The molecule has 4 aromatic rings. The number of methoxy groups -OCH3 is 2. The number of rotatable bonds is 7. The van der Waals surface area contributed by atoms with Gasteiger partial charge in [0.05, 0.1) is 37.8 Å². The fourth-order valence-electron chi connectivity index (χ4n) is 4.53. The molecule has 0 saturated heterocycles. The molecule has 0 bridgehead atoms. The van der Waals surface area contributed by atoms with Gasteiger partial charge in [0.1, 0.15) is 11.3 Å². The van der Waals surface area contributed by atoms with Crippen molar-refractivity contribution in [2.24, 2.45) is 0 Å². The summed E-state index contributed by atoms with van der Waals surface area (Å²) in [4.78, 5) is 28.9. The highest BCUT2D eigenvalue weighted by molar-refractivity contribution is 5.99.